The second-order valence-corrected chi connectivity index (χ2v) is 6.75. The molecule has 2 nitrogen and oxygen atoms in total. The molecule has 98 valence electrons. The van der Waals surface area contributed by atoms with Gasteiger partial charge in [-0.15, -0.1) is 11.3 Å². The van der Waals surface area contributed by atoms with Crippen LogP contribution in [0.4, 0.5) is 0 Å². The summed E-state index contributed by atoms with van der Waals surface area (Å²) in [6, 6.07) is 0. The Balaban J connectivity index is 2.73. The zero-order valence-corrected chi connectivity index (χ0v) is 12.7. The van der Waals surface area contributed by atoms with E-state index in [-0.39, 0.29) is 5.54 Å². The molecule has 0 radical (unpaired) electrons. The maximum absolute atomic E-state index is 4.77. The van der Waals surface area contributed by atoms with Crippen LogP contribution >= 0.6 is 11.3 Å². The monoisotopic (exact) mass is 254 g/mol. The molecule has 3 heteroatoms. The Hall–Kier alpha value is -0.410. The number of rotatable bonds is 6. The van der Waals surface area contributed by atoms with Gasteiger partial charge < -0.3 is 5.32 Å². The first-order valence-corrected chi connectivity index (χ1v) is 7.50. The van der Waals surface area contributed by atoms with Crippen molar-refractivity contribution in [1.29, 1.82) is 0 Å². The molecule has 0 fully saturated rings. The lowest BCUT2D eigenvalue weighted by Gasteiger charge is -2.20. The van der Waals surface area contributed by atoms with Crippen molar-refractivity contribution < 1.29 is 0 Å². The molecule has 0 atom stereocenters. The van der Waals surface area contributed by atoms with Crippen molar-refractivity contribution in [3.05, 3.63) is 15.6 Å². The Morgan fingerprint density at radius 2 is 1.76 bits per heavy atom. The van der Waals surface area contributed by atoms with E-state index in [2.05, 4.69) is 39.9 Å². The predicted octanol–water partition coefficient (Wildman–Crippen LogP) is 3.94. The van der Waals surface area contributed by atoms with Crippen molar-refractivity contribution in [1.82, 2.24) is 10.3 Å². The highest BCUT2D eigenvalue weighted by Crippen LogP contribution is 2.22. The molecule has 0 saturated heterocycles. The first kappa shape index (κ1) is 14.7. The SMILES string of the molecule is CCCc1nc(CCC)c(CNC(C)(C)C)s1. The van der Waals surface area contributed by atoms with Gasteiger partial charge in [0.15, 0.2) is 0 Å². The number of nitrogens with one attached hydrogen (secondary N) is 1. The van der Waals surface area contributed by atoms with Crippen LogP contribution in [0.5, 0.6) is 0 Å². The Morgan fingerprint density at radius 3 is 2.29 bits per heavy atom. The van der Waals surface area contributed by atoms with Gasteiger partial charge in [-0.2, -0.15) is 0 Å². The molecule has 0 aliphatic carbocycles. The largest absolute Gasteiger partial charge is 0.307 e. The van der Waals surface area contributed by atoms with Crippen LogP contribution in [0.3, 0.4) is 0 Å². The minimum atomic E-state index is 0.179. The van der Waals surface area contributed by atoms with Crippen LogP contribution in [0.2, 0.25) is 0 Å². The van der Waals surface area contributed by atoms with Gasteiger partial charge >= 0.3 is 0 Å². The summed E-state index contributed by atoms with van der Waals surface area (Å²) in [6.07, 6.45) is 4.60. The first-order chi connectivity index (χ1) is 7.96. The summed E-state index contributed by atoms with van der Waals surface area (Å²) in [5, 5.41) is 4.87. The van der Waals surface area contributed by atoms with Crippen LogP contribution in [0, 0.1) is 0 Å². The van der Waals surface area contributed by atoms with Crippen LogP contribution in [0.15, 0.2) is 0 Å². The van der Waals surface area contributed by atoms with Gasteiger partial charge in [0.25, 0.3) is 0 Å². The lowest BCUT2D eigenvalue weighted by atomic mass is 10.1. The number of aromatic nitrogens is 1. The average molecular weight is 254 g/mol. The van der Waals surface area contributed by atoms with Gasteiger partial charge in [-0.05, 0) is 40.0 Å². The molecule has 0 saturated carbocycles. The topological polar surface area (TPSA) is 24.9 Å². The van der Waals surface area contributed by atoms with E-state index in [4.69, 9.17) is 4.98 Å². The number of nitrogens with zero attached hydrogens (tertiary/aromatic N) is 1. The summed E-state index contributed by atoms with van der Waals surface area (Å²) in [4.78, 5) is 6.20. The van der Waals surface area contributed by atoms with E-state index >= 15 is 0 Å². The quantitative estimate of drug-likeness (QED) is 0.832. The Labute approximate surface area is 110 Å². The maximum atomic E-state index is 4.77. The van der Waals surface area contributed by atoms with E-state index in [0.717, 1.165) is 19.4 Å². The molecule has 0 aliphatic heterocycles. The lowest BCUT2D eigenvalue weighted by Crippen LogP contribution is -2.35. The van der Waals surface area contributed by atoms with E-state index in [1.54, 1.807) is 0 Å². The first-order valence-electron chi connectivity index (χ1n) is 6.68. The number of aryl methyl sites for hydroxylation is 2. The van der Waals surface area contributed by atoms with E-state index in [9.17, 15) is 0 Å². The molecule has 0 amide bonds. The Bertz CT molecular complexity index is 336. The lowest BCUT2D eigenvalue weighted by molar-refractivity contribution is 0.425. The average Bonchev–Trinajstić information content (AvgIpc) is 2.58. The van der Waals surface area contributed by atoms with Crippen molar-refractivity contribution >= 4 is 11.3 Å². The van der Waals surface area contributed by atoms with Gasteiger partial charge in [0.05, 0.1) is 10.7 Å². The van der Waals surface area contributed by atoms with E-state index in [1.165, 1.54) is 28.4 Å². The van der Waals surface area contributed by atoms with E-state index < -0.39 is 0 Å². The smallest absolute Gasteiger partial charge is 0.0931 e. The van der Waals surface area contributed by atoms with Crippen molar-refractivity contribution in [2.75, 3.05) is 0 Å². The van der Waals surface area contributed by atoms with Gasteiger partial charge in [0.1, 0.15) is 0 Å². The fourth-order valence-electron chi connectivity index (χ4n) is 1.67. The summed E-state index contributed by atoms with van der Waals surface area (Å²) in [5.41, 5.74) is 1.50. The van der Waals surface area contributed by atoms with Gasteiger partial charge in [0.2, 0.25) is 0 Å². The van der Waals surface area contributed by atoms with E-state index in [1.807, 2.05) is 11.3 Å². The van der Waals surface area contributed by atoms with Crippen LogP contribution < -0.4 is 5.32 Å². The van der Waals surface area contributed by atoms with Crippen LogP contribution in [-0.2, 0) is 19.4 Å². The van der Waals surface area contributed by atoms with E-state index in [0.29, 0.717) is 0 Å². The van der Waals surface area contributed by atoms with Crippen LogP contribution in [-0.4, -0.2) is 10.5 Å². The van der Waals surface area contributed by atoms with Crippen LogP contribution in [0.25, 0.3) is 0 Å². The highest BCUT2D eigenvalue weighted by molar-refractivity contribution is 7.11. The molecule has 1 aromatic rings. The summed E-state index contributed by atoms with van der Waals surface area (Å²) in [6.45, 7) is 12.0. The van der Waals surface area contributed by atoms with Crippen LogP contribution in [0.1, 0.15) is 63.0 Å². The molecule has 1 rings (SSSR count). The molecule has 0 unspecified atom stereocenters. The minimum absolute atomic E-state index is 0.179. The normalized spacial score (nSPS) is 12.1. The van der Waals surface area contributed by atoms with Crippen molar-refractivity contribution in [3.63, 3.8) is 0 Å². The third kappa shape index (κ3) is 5.17. The second-order valence-electron chi connectivity index (χ2n) is 5.58. The molecule has 1 N–H and O–H groups in total. The zero-order valence-electron chi connectivity index (χ0n) is 11.9. The summed E-state index contributed by atoms with van der Waals surface area (Å²) >= 11 is 1.89. The maximum Gasteiger partial charge on any atom is 0.0931 e. The summed E-state index contributed by atoms with van der Waals surface area (Å²) in [7, 11) is 0. The minimum Gasteiger partial charge on any atom is -0.307 e. The molecule has 0 aliphatic rings. The molecule has 1 heterocycles. The number of hydrogen-bond acceptors (Lipinski definition) is 3. The standard InChI is InChI=1S/C14H26N2S/c1-6-8-11-12(10-15-14(3,4)5)17-13(16-11)9-7-2/h15H,6-10H2,1-5H3. The molecule has 1 aromatic heterocycles. The number of thiazole rings is 1. The molecule has 0 aromatic carbocycles. The van der Waals surface area contributed by atoms with Crippen molar-refractivity contribution in [2.45, 2.75) is 72.4 Å². The summed E-state index contributed by atoms with van der Waals surface area (Å²) < 4.78 is 0. The fourth-order valence-corrected chi connectivity index (χ4v) is 2.83. The molecule has 0 bridgehead atoms. The molecular formula is C14H26N2S. The second kappa shape index (κ2) is 6.50. The Morgan fingerprint density at radius 1 is 1.12 bits per heavy atom. The van der Waals surface area contributed by atoms with Crippen molar-refractivity contribution in [3.8, 4) is 0 Å². The highest BCUT2D eigenvalue weighted by Gasteiger charge is 2.13. The molecule has 0 spiro atoms. The van der Waals surface area contributed by atoms with Gasteiger partial charge in [-0.25, -0.2) is 4.98 Å². The van der Waals surface area contributed by atoms with Gasteiger partial charge in [-0.3, -0.25) is 0 Å². The van der Waals surface area contributed by atoms with Crippen molar-refractivity contribution in [2.24, 2.45) is 0 Å². The molecule has 17 heavy (non-hydrogen) atoms. The predicted molar refractivity (Wildman–Crippen MR) is 76.7 cm³/mol. The Kier molecular flexibility index (Phi) is 5.60. The third-order valence-electron chi connectivity index (χ3n) is 2.55. The fraction of sp³-hybridized carbons (Fsp3) is 0.786. The molecular weight excluding hydrogens is 228 g/mol. The van der Waals surface area contributed by atoms with Gasteiger partial charge in [-0.1, -0.05) is 20.3 Å². The third-order valence-corrected chi connectivity index (χ3v) is 3.71. The number of hydrogen-bond donors (Lipinski definition) is 1. The highest BCUT2D eigenvalue weighted by atomic mass is 32.1. The van der Waals surface area contributed by atoms with Gasteiger partial charge in [0, 0.05) is 17.0 Å². The summed E-state index contributed by atoms with van der Waals surface area (Å²) in [5.74, 6) is 0. The zero-order chi connectivity index (χ0) is 12.9.